The predicted octanol–water partition coefficient (Wildman–Crippen LogP) is 0.485. The van der Waals surface area contributed by atoms with E-state index in [0.717, 1.165) is 0 Å². The molecule has 3 nitrogen and oxygen atoms in total. The van der Waals surface area contributed by atoms with Gasteiger partial charge in [-0.2, -0.15) is 0 Å². The Morgan fingerprint density at radius 1 is 1.33 bits per heavy atom. The van der Waals surface area contributed by atoms with Crippen molar-refractivity contribution in [1.29, 1.82) is 4.78 Å². The average Bonchev–Trinajstić information content (AvgIpc) is 1.65. The number of halogens is 1. The summed E-state index contributed by atoms with van der Waals surface area (Å²) < 4.78 is 22.8. The Bertz CT molecular complexity index is 153. The lowest BCUT2D eigenvalue weighted by molar-refractivity contribution is 0.158. The highest BCUT2D eigenvalue weighted by molar-refractivity contribution is 7.92. The van der Waals surface area contributed by atoms with Gasteiger partial charge in [0.25, 0.3) is 0 Å². The fourth-order valence-corrected chi connectivity index (χ4v) is 1.57. The van der Waals surface area contributed by atoms with Crippen LogP contribution in [0.4, 0.5) is 0 Å². The van der Waals surface area contributed by atoms with Crippen LogP contribution in [-0.2, 0) is 14.5 Å². The lowest BCUT2D eigenvalue weighted by Crippen LogP contribution is -2.24. The van der Waals surface area contributed by atoms with Crippen LogP contribution in [0.25, 0.3) is 0 Å². The molecule has 1 aliphatic rings. The van der Waals surface area contributed by atoms with E-state index in [2.05, 4.69) is 0 Å². The van der Waals surface area contributed by atoms with Crippen molar-refractivity contribution in [2.45, 2.75) is 0 Å². The summed E-state index contributed by atoms with van der Waals surface area (Å²) in [6.07, 6.45) is 0. The Labute approximate surface area is 61.2 Å². The van der Waals surface area contributed by atoms with E-state index in [0.29, 0.717) is 24.7 Å². The third-order valence-corrected chi connectivity index (χ3v) is 2.77. The van der Waals surface area contributed by atoms with E-state index in [-0.39, 0.29) is 12.4 Å². The zero-order valence-electron chi connectivity index (χ0n) is 4.96. The highest BCUT2D eigenvalue weighted by Crippen LogP contribution is 1.98. The molecular formula is C4H10ClNO2S. The van der Waals surface area contributed by atoms with Crippen molar-refractivity contribution in [3.8, 4) is 0 Å². The van der Waals surface area contributed by atoms with E-state index in [1.807, 2.05) is 0 Å². The second kappa shape index (κ2) is 3.39. The molecule has 1 heterocycles. The van der Waals surface area contributed by atoms with Crippen molar-refractivity contribution in [2.75, 3.05) is 24.7 Å². The van der Waals surface area contributed by atoms with Crippen LogP contribution in [0.3, 0.4) is 0 Å². The van der Waals surface area contributed by atoms with Gasteiger partial charge in [-0.05, 0) is 0 Å². The average molecular weight is 172 g/mol. The summed E-state index contributed by atoms with van der Waals surface area (Å²) in [5.74, 6) is 0.847. The van der Waals surface area contributed by atoms with Gasteiger partial charge in [-0.25, -0.2) is 4.21 Å². The molecule has 0 aromatic rings. The Morgan fingerprint density at radius 3 is 2.00 bits per heavy atom. The fourth-order valence-electron chi connectivity index (χ4n) is 0.591. The molecule has 1 fully saturated rings. The van der Waals surface area contributed by atoms with Gasteiger partial charge in [0.2, 0.25) is 0 Å². The summed E-state index contributed by atoms with van der Waals surface area (Å²) >= 11 is 0. The smallest absolute Gasteiger partial charge is 0.0590 e. The number of nitrogens with one attached hydrogen (secondary N) is 1. The lowest BCUT2D eigenvalue weighted by atomic mass is 10.8. The molecule has 1 N–H and O–H groups in total. The van der Waals surface area contributed by atoms with Crippen molar-refractivity contribution < 1.29 is 8.95 Å². The van der Waals surface area contributed by atoms with Crippen LogP contribution >= 0.6 is 12.4 Å². The van der Waals surface area contributed by atoms with Crippen LogP contribution in [0, 0.1) is 4.78 Å². The van der Waals surface area contributed by atoms with Gasteiger partial charge < -0.3 is 4.74 Å². The molecule has 0 bridgehead atoms. The molecule has 1 saturated heterocycles. The summed E-state index contributed by atoms with van der Waals surface area (Å²) in [5.41, 5.74) is 0. The van der Waals surface area contributed by atoms with E-state index in [4.69, 9.17) is 9.52 Å². The molecule has 0 radical (unpaired) electrons. The third-order valence-electron chi connectivity index (χ3n) is 1.11. The first-order chi connectivity index (χ1) is 3.71. The molecule has 0 aromatic carbocycles. The van der Waals surface area contributed by atoms with Gasteiger partial charge in [0.1, 0.15) is 0 Å². The Kier molecular flexibility index (Phi) is 3.46. The summed E-state index contributed by atoms with van der Waals surface area (Å²) in [7, 11) is -2.21. The second-order valence-corrected chi connectivity index (χ2v) is 4.27. The van der Waals surface area contributed by atoms with Crippen molar-refractivity contribution in [2.24, 2.45) is 0 Å². The summed E-state index contributed by atoms with van der Waals surface area (Å²) in [4.78, 5) is 0. The summed E-state index contributed by atoms with van der Waals surface area (Å²) in [6.45, 7) is 1.00. The van der Waals surface area contributed by atoms with Crippen LogP contribution in [0.5, 0.6) is 0 Å². The van der Waals surface area contributed by atoms with E-state index >= 15 is 0 Å². The molecule has 0 aliphatic carbocycles. The molecule has 0 amide bonds. The number of hydrogen-bond donors (Lipinski definition) is 1. The molecular weight excluding hydrogens is 162 g/mol. The molecule has 0 atom stereocenters. The fraction of sp³-hybridized carbons (Fsp3) is 1.00. The van der Waals surface area contributed by atoms with Crippen molar-refractivity contribution in [3.05, 3.63) is 0 Å². The van der Waals surface area contributed by atoms with Crippen LogP contribution in [0.2, 0.25) is 0 Å². The van der Waals surface area contributed by atoms with Gasteiger partial charge in [0.15, 0.2) is 0 Å². The Balaban J connectivity index is 0.000000640. The first-order valence-electron chi connectivity index (χ1n) is 2.53. The molecule has 0 aromatic heterocycles. The van der Waals surface area contributed by atoms with Gasteiger partial charge in [-0.15, -0.1) is 12.4 Å². The van der Waals surface area contributed by atoms with Crippen molar-refractivity contribution in [1.82, 2.24) is 0 Å². The van der Waals surface area contributed by atoms with Crippen LogP contribution < -0.4 is 0 Å². The van der Waals surface area contributed by atoms with Crippen molar-refractivity contribution in [3.63, 3.8) is 0 Å². The standard InChI is InChI=1S/C4H9NO2S.ClH/c5-8(6)3-1-7-2-4-8;/h5H,1-4H2;1H. The molecule has 9 heavy (non-hydrogen) atoms. The van der Waals surface area contributed by atoms with Crippen LogP contribution in [-0.4, -0.2) is 28.9 Å². The quantitative estimate of drug-likeness (QED) is 0.577. The highest BCUT2D eigenvalue weighted by atomic mass is 35.5. The van der Waals surface area contributed by atoms with Gasteiger partial charge in [-0.3, -0.25) is 4.78 Å². The largest absolute Gasteiger partial charge is 0.379 e. The van der Waals surface area contributed by atoms with E-state index in [9.17, 15) is 4.21 Å². The zero-order chi connectivity index (χ0) is 6.04. The molecule has 56 valence electrons. The van der Waals surface area contributed by atoms with Gasteiger partial charge in [-0.1, -0.05) is 0 Å². The minimum absolute atomic E-state index is 0. The maximum absolute atomic E-state index is 10.8. The number of hydrogen-bond acceptors (Lipinski definition) is 3. The first kappa shape index (κ1) is 9.20. The minimum atomic E-state index is -2.21. The zero-order valence-corrected chi connectivity index (χ0v) is 6.59. The van der Waals surface area contributed by atoms with Gasteiger partial charge in [0, 0.05) is 9.73 Å². The molecule has 1 aliphatic heterocycles. The topological polar surface area (TPSA) is 50.2 Å². The molecule has 0 saturated carbocycles. The SMILES string of the molecule is Cl.N=S1(=O)CCOCC1. The van der Waals surface area contributed by atoms with E-state index < -0.39 is 9.73 Å². The second-order valence-electron chi connectivity index (χ2n) is 1.83. The number of ether oxygens (including phenoxy) is 1. The highest BCUT2D eigenvalue weighted by Gasteiger charge is 2.10. The lowest BCUT2D eigenvalue weighted by Gasteiger charge is -2.12. The summed E-state index contributed by atoms with van der Waals surface area (Å²) in [5, 5.41) is 0. The summed E-state index contributed by atoms with van der Waals surface area (Å²) in [6, 6.07) is 0. The maximum Gasteiger partial charge on any atom is 0.0590 e. The normalized spacial score (nSPS) is 24.4. The predicted molar refractivity (Wildman–Crippen MR) is 38.7 cm³/mol. The molecule has 1 rings (SSSR count). The van der Waals surface area contributed by atoms with Crippen molar-refractivity contribution >= 4 is 22.1 Å². The van der Waals surface area contributed by atoms with Gasteiger partial charge >= 0.3 is 0 Å². The monoisotopic (exact) mass is 171 g/mol. The minimum Gasteiger partial charge on any atom is -0.379 e. The van der Waals surface area contributed by atoms with E-state index in [1.165, 1.54) is 0 Å². The first-order valence-corrected chi connectivity index (χ1v) is 4.42. The molecule has 5 heteroatoms. The number of rotatable bonds is 0. The Hall–Kier alpha value is 0.200. The van der Waals surface area contributed by atoms with Gasteiger partial charge in [0.05, 0.1) is 24.7 Å². The molecule has 0 spiro atoms. The van der Waals surface area contributed by atoms with Crippen LogP contribution in [0.1, 0.15) is 0 Å². The maximum atomic E-state index is 10.8. The van der Waals surface area contributed by atoms with E-state index in [1.54, 1.807) is 0 Å². The molecule has 0 unspecified atom stereocenters. The third kappa shape index (κ3) is 3.03. The Morgan fingerprint density at radius 2 is 1.78 bits per heavy atom. The van der Waals surface area contributed by atoms with Crippen LogP contribution in [0.15, 0.2) is 0 Å².